The zero-order chi connectivity index (χ0) is 17.9. The highest BCUT2D eigenvalue weighted by atomic mass is 31.2. The molecule has 0 amide bonds. The summed E-state index contributed by atoms with van der Waals surface area (Å²) in [6.07, 6.45) is 0. The quantitative estimate of drug-likeness (QED) is 0.521. The van der Waals surface area contributed by atoms with Gasteiger partial charge in [-0.15, -0.1) is 0 Å². The van der Waals surface area contributed by atoms with Gasteiger partial charge in [0.25, 0.3) is 0 Å². The summed E-state index contributed by atoms with van der Waals surface area (Å²) < 4.78 is 47.7. The average molecular weight is 348 g/mol. The van der Waals surface area contributed by atoms with Crippen LogP contribution >= 0.6 is 7.82 Å². The Morgan fingerprint density at radius 1 is 1.04 bits per heavy atom. The average Bonchev–Trinajstić information content (AvgIpc) is 2.26. The van der Waals surface area contributed by atoms with Crippen LogP contribution in [-0.4, -0.2) is 18.0 Å². The fourth-order valence-electron chi connectivity index (χ4n) is 1.62. The van der Waals surface area contributed by atoms with Crippen molar-refractivity contribution < 1.29 is 27.3 Å². The van der Waals surface area contributed by atoms with E-state index in [0.717, 1.165) is 5.56 Å². The van der Waals surface area contributed by atoms with Crippen molar-refractivity contribution in [3.63, 3.8) is 0 Å². The molecule has 0 atom stereocenters. The number of halogens is 1. The molecule has 0 aliphatic heterocycles. The third-order valence-corrected chi connectivity index (χ3v) is 4.25. The minimum Gasteiger partial charge on any atom is -0.464 e. The van der Waals surface area contributed by atoms with Gasteiger partial charge in [-0.05, 0) is 66.2 Å². The van der Waals surface area contributed by atoms with Crippen LogP contribution in [0.2, 0.25) is 0 Å². The lowest BCUT2D eigenvalue weighted by atomic mass is 10.2. The summed E-state index contributed by atoms with van der Waals surface area (Å²) in [6.45, 7) is 11.7. The molecule has 0 saturated heterocycles. The molecular formula is C16H26FO5P. The highest BCUT2D eigenvalue weighted by Crippen LogP contribution is 2.55. The van der Waals surface area contributed by atoms with Crippen molar-refractivity contribution in [1.29, 1.82) is 0 Å². The van der Waals surface area contributed by atoms with Crippen LogP contribution in [0.4, 0.5) is 4.39 Å². The largest absolute Gasteiger partial charge is 0.478 e. The number of ether oxygens (including phenoxy) is 1. The molecule has 0 radical (unpaired) electrons. The Kier molecular flexibility index (Phi) is 6.39. The van der Waals surface area contributed by atoms with Crippen molar-refractivity contribution in [1.82, 2.24) is 0 Å². The topological polar surface area (TPSA) is 54.0 Å². The van der Waals surface area contributed by atoms with Crippen molar-refractivity contribution in [3.8, 4) is 5.75 Å². The van der Waals surface area contributed by atoms with Gasteiger partial charge in [-0.1, -0.05) is 6.07 Å². The highest BCUT2D eigenvalue weighted by molar-refractivity contribution is 7.48. The summed E-state index contributed by atoms with van der Waals surface area (Å²) >= 11 is 0. The van der Waals surface area contributed by atoms with E-state index in [4.69, 9.17) is 18.3 Å². The molecule has 5 nitrogen and oxygen atoms in total. The first kappa shape index (κ1) is 20.1. The molecule has 132 valence electrons. The van der Waals surface area contributed by atoms with E-state index >= 15 is 0 Å². The van der Waals surface area contributed by atoms with Gasteiger partial charge < -0.3 is 4.74 Å². The van der Waals surface area contributed by atoms with E-state index in [1.165, 1.54) is 12.1 Å². The van der Waals surface area contributed by atoms with Gasteiger partial charge in [-0.25, -0.2) is 13.5 Å². The Hall–Kier alpha value is -0.940. The maximum absolute atomic E-state index is 13.7. The molecule has 23 heavy (non-hydrogen) atoms. The molecule has 1 aromatic carbocycles. The molecule has 0 bridgehead atoms. The minimum absolute atomic E-state index is 0.00803. The standard InChI is InChI=1S/C16H26FO5P/c1-12-8-9-14(13(17)10-12)19-11-20-23(18,21-15(2,3)4)22-16(5,6)7/h8-10H,11H2,1-7H3. The molecule has 0 aliphatic carbocycles. The van der Waals surface area contributed by atoms with Crippen LogP contribution < -0.4 is 4.74 Å². The Morgan fingerprint density at radius 2 is 1.57 bits per heavy atom. The van der Waals surface area contributed by atoms with E-state index in [0.29, 0.717) is 0 Å². The molecule has 1 aromatic rings. The van der Waals surface area contributed by atoms with Gasteiger partial charge in [0.05, 0.1) is 11.2 Å². The summed E-state index contributed by atoms with van der Waals surface area (Å²) in [7, 11) is -3.87. The molecule has 0 N–H and O–H groups in total. The van der Waals surface area contributed by atoms with Gasteiger partial charge in [-0.2, -0.15) is 0 Å². The fraction of sp³-hybridized carbons (Fsp3) is 0.625. The van der Waals surface area contributed by atoms with Crippen LogP contribution in [0, 0.1) is 12.7 Å². The zero-order valence-electron chi connectivity index (χ0n) is 14.8. The van der Waals surface area contributed by atoms with Crippen LogP contribution in [0.5, 0.6) is 5.75 Å². The lowest BCUT2D eigenvalue weighted by Gasteiger charge is -2.30. The number of phosphoric ester groups is 1. The van der Waals surface area contributed by atoms with Crippen LogP contribution in [0.3, 0.4) is 0 Å². The molecule has 0 aliphatic rings. The number of hydrogen-bond acceptors (Lipinski definition) is 5. The summed E-state index contributed by atoms with van der Waals surface area (Å²) in [4.78, 5) is 0. The van der Waals surface area contributed by atoms with Crippen LogP contribution in [0.25, 0.3) is 0 Å². The third kappa shape index (κ3) is 7.93. The van der Waals surface area contributed by atoms with Crippen molar-refractivity contribution in [2.45, 2.75) is 59.7 Å². The van der Waals surface area contributed by atoms with E-state index in [-0.39, 0.29) is 5.75 Å². The Balaban J connectivity index is 2.76. The molecule has 0 fully saturated rings. The molecule has 1 rings (SSSR count). The van der Waals surface area contributed by atoms with Gasteiger partial charge in [0, 0.05) is 0 Å². The molecular weight excluding hydrogens is 322 g/mol. The second-order valence-corrected chi connectivity index (χ2v) is 8.70. The van der Waals surface area contributed by atoms with Crippen molar-refractivity contribution >= 4 is 7.82 Å². The minimum atomic E-state index is -3.87. The Bertz CT molecular complexity index is 555. The van der Waals surface area contributed by atoms with Crippen LogP contribution in [-0.2, 0) is 18.1 Å². The van der Waals surface area contributed by atoms with Crippen molar-refractivity contribution in [2.24, 2.45) is 0 Å². The van der Waals surface area contributed by atoms with Crippen molar-refractivity contribution in [2.75, 3.05) is 6.79 Å². The van der Waals surface area contributed by atoms with Gasteiger partial charge in [0.1, 0.15) is 0 Å². The second-order valence-electron chi connectivity index (χ2n) is 7.18. The second kappa shape index (κ2) is 7.31. The molecule has 0 aromatic heterocycles. The number of aryl methyl sites for hydroxylation is 1. The first-order valence-corrected chi connectivity index (χ1v) is 8.81. The lowest BCUT2D eigenvalue weighted by Crippen LogP contribution is -2.25. The van der Waals surface area contributed by atoms with E-state index in [1.54, 1.807) is 54.5 Å². The van der Waals surface area contributed by atoms with Gasteiger partial charge in [-0.3, -0.25) is 9.05 Å². The van der Waals surface area contributed by atoms with Gasteiger partial charge >= 0.3 is 7.82 Å². The Labute approximate surface area is 137 Å². The first-order valence-electron chi connectivity index (χ1n) is 7.35. The number of rotatable bonds is 6. The summed E-state index contributed by atoms with van der Waals surface area (Å²) in [5, 5.41) is 0. The van der Waals surface area contributed by atoms with E-state index in [9.17, 15) is 8.96 Å². The number of hydrogen-bond donors (Lipinski definition) is 0. The lowest BCUT2D eigenvalue weighted by molar-refractivity contribution is -0.0195. The van der Waals surface area contributed by atoms with Crippen LogP contribution in [0.1, 0.15) is 47.1 Å². The van der Waals surface area contributed by atoms with E-state index in [1.807, 2.05) is 0 Å². The zero-order valence-corrected chi connectivity index (χ0v) is 15.7. The molecule has 0 heterocycles. The molecule has 0 unspecified atom stereocenters. The monoisotopic (exact) mass is 348 g/mol. The van der Waals surface area contributed by atoms with E-state index in [2.05, 4.69) is 0 Å². The normalized spacial score (nSPS) is 13.2. The predicted molar refractivity (Wildman–Crippen MR) is 87.0 cm³/mol. The molecule has 7 heteroatoms. The number of benzene rings is 1. The van der Waals surface area contributed by atoms with Crippen molar-refractivity contribution in [3.05, 3.63) is 29.6 Å². The SMILES string of the molecule is Cc1ccc(OCOP(=O)(OC(C)(C)C)OC(C)(C)C)c(F)c1. The fourth-order valence-corrected chi connectivity index (χ4v) is 3.29. The number of phosphoric acid groups is 1. The van der Waals surface area contributed by atoms with Gasteiger partial charge in [0.2, 0.25) is 6.79 Å². The molecule has 0 spiro atoms. The highest BCUT2D eigenvalue weighted by Gasteiger charge is 2.37. The predicted octanol–water partition coefficient (Wildman–Crippen LogP) is 5.23. The smallest absolute Gasteiger partial charge is 0.464 e. The maximum atomic E-state index is 13.7. The van der Waals surface area contributed by atoms with Gasteiger partial charge in [0.15, 0.2) is 11.6 Å². The summed E-state index contributed by atoms with van der Waals surface area (Å²) in [5.41, 5.74) is -0.709. The van der Waals surface area contributed by atoms with Crippen LogP contribution in [0.15, 0.2) is 18.2 Å². The summed E-state index contributed by atoms with van der Waals surface area (Å²) in [6, 6.07) is 4.52. The summed E-state index contributed by atoms with van der Waals surface area (Å²) in [5.74, 6) is -0.509. The molecule has 0 saturated carbocycles. The van der Waals surface area contributed by atoms with E-state index < -0.39 is 31.6 Å². The Morgan fingerprint density at radius 3 is 2.00 bits per heavy atom. The maximum Gasteiger partial charge on any atom is 0.478 e. The first-order chi connectivity index (χ1) is 10.3. The third-order valence-electron chi connectivity index (χ3n) is 2.28.